The number of methoxy groups -OCH3 is 2. The van der Waals surface area contributed by atoms with Crippen LogP contribution in [0.25, 0.3) is 0 Å². The minimum atomic E-state index is -1.06. The van der Waals surface area contributed by atoms with E-state index in [9.17, 15) is 14.4 Å². The van der Waals surface area contributed by atoms with Crippen molar-refractivity contribution in [3.8, 4) is 11.5 Å². The standard InChI is InChI=1S/C24H29N3O5/c1-16(19-7-5-6-8-20(19)32-4)25-21(28)15-27-22(29)24(2,26-23(27)30)14-13-17-9-11-18(31-3)12-10-17/h5-12,16H,13-15H2,1-4H3,(H,25,28)(H,26,30). The minimum Gasteiger partial charge on any atom is -0.497 e. The van der Waals surface area contributed by atoms with Gasteiger partial charge < -0.3 is 20.1 Å². The van der Waals surface area contributed by atoms with Crippen molar-refractivity contribution in [2.45, 2.75) is 38.3 Å². The Balaban J connectivity index is 1.60. The molecule has 0 spiro atoms. The number of nitrogens with zero attached hydrogens (tertiary/aromatic N) is 1. The van der Waals surface area contributed by atoms with Gasteiger partial charge in [0.1, 0.15) is 23.6 Å². The van der Waals surface area contributed by atoms with Gasteiger partial charge in [-0.3, -0.25) is 14.5 Å². The molecule has 2 N–H and O–H groups in total. The number of hydrogen-bond donors (Lipinski definition) is 2. The van der Waals surface area contributed by atoms with Crippen LogP contribution in [0.4, 0.5) is 4.79 Å². The summed E-state index contributed by atoms with van der Waals surface area (Å²) in [5, 5.41) is 5.57. The average molecular weight is 440 g/mol. The number of amides is 4. The summed E-state index contributed by atoms with van der Waals surface area (Å²) >= 11 is 0. The first-order chi connectivity index (χ1) is 15.3. The molecule has 0 aromatic heterocycles. The molecule has 1 aliphatic heterocycles. The molecule has 2 unspecified atom stereocenters. The first-order valence-electron chi connectivity index (χ1n) is 10.5. The molecule has 2 aromatic carbocycles. The van der Waals surface area contributed by atoms with Gasteiger partial charge >= 0.3 is 6.03 Å². The molecule has 4 amide bonds. The van der Waals surface area contributed by atoms with Crippen LogP contribution in [0.3, 0.4) is 0 Å². The van der Waals surface area contributed by atoms with Crippen LogP contribution in [0.1, 0.15) is 37.4 Å². The van der Waals surface area contributed by atoms with Crippen molar-refractivity contribution in [2.75, 3.05) is 20.8 Å². The fourth-order valence-corrected chi connectivity index (χ4v) is 3.78. The first-order valence-corrected chi connectivity index (χ1v) is 10.5. The lowest BCUT2D eigenvalue weighted by molar-refractivity contribution is -0.134. The highest BCUT2D eigenvalue weighted by Crippen LogP contribution is 2.26. The van der Waals surface area contributed by atoms with Gasteiger partial charge in [-0.25, -0.2) is 4.79 Å². The lowest BCUT2D eigenvalue weighted by Crippen LogP contribution is -2.45. The molecule has 32 heavy (non-hydrogen) atoms. The Bertz CT molecular complexity index is 991. The van der Waals surface area contributed by atoms with Crippen molar-refractivity contribution in [1.29, 1.82) is 0 Å². The van der Waals surface area contributed by atoms with Crippen LogP contribution in [0.2, 0.25) is 0 Å². The lowest BCUT2D eigenvalue weighted by atomic mass is 9.93. The summed E-state index contributed by atoms with van der Waals surface area (Å²) in [6, 6.07) is 14.0. The molecule has 8 nitrogen and oxygen atoms in total. The molecule has 0 saturated carbocycles. The van der Waals surface area contributed by atoms with Gasteiger partial charge in [-0.2, -0.15) is 0 Å². The van der Waals surface area contributed by atoms with Crippen molar-refractivity contribution < 1.29 is 23.9 Å². The molecule has 8 heteroatoms. The van der Waals surface area contributed by atoms with E-state index in [4.69, 9.17) is 9.47 Å². The molecule has 1 heterocycles. The van der Waals surface area contributed by atoms with Gasteiger partial charge in [0.2, 0.25) is 5.91 Å². The fraction of sp³-hybridized carbons (Fsp3) is 0.375. The highest BCUT2D eigenvalue weighted by Gasteiger charge is 2.47. The summed E-state index contributed by atoms with van der Waals surface area (Å²) in [5.41, 5.74) is 0.770. The van der Waals surface area contributed by atoms with Crippen molar-refractivity contribution in [3.63, 3.8) is 0 Å². The summed E-state index contributed by atoms with van der Waals surface area (Å²) < 4.78 is 10.5. The molecule has 1 aliphatic rings. The molecule has 2 atom stereocenters. The van der Waals surface area contributed by atoms with Gasteiger partial charge in [0, 0.05) is 5.56 Å². The molecule has 3 rings (SSSR count). The highest BCUT2D eigenvalue weighted by atomic mass is 16.5. The zero-order valence-corrected chi connectivity index (χ0v) is 18.8. The molecule has 170 valence electrons. The smallest absolute Gasteiger partial charge is 0.325 e. The maximum Gasteiger partial charge on any atom is 0.325 e. The van der Waals surface area contributed by atoms with Gasteiger partial charge in [-0.15, -0.1) is 0 Å². The molecule has 0 radical (unpaired) electrons. The number of rotatable bonds is 9. The number of para-hydroxylation sites is 1. The van der Waals surface area contributed by atoms with Crippen molar-refractivity contribution in [1.82, 2.24) is 15.5 Å². The quantitative estimate of drug-likeness (QED) is 0.586. The number of benzene rings is 2. The third kappa shape index (κ3) is 5.01. The van der Waals surface area contributed by atoms with E-state index in [0.717, 1.165) is 21.8 Å². The van der Waals surface area contributed by atoms with Gasteiger partial charge in [0.25, 0.3) is 5.91 Å². The van der Waals surface area contributed by atoms with Crippen molar-refractivity contribution in [2.24, 2.45) is 0 Å². The lowest BCUT2D eigenvalue weighted by Gasteiger charge is -2.22. The number of urea groups is 1. The van der Waals surface area contributed by atoms with Crippen molar-refractivity contribution >= 4 is 17.8 Å². The van der Waals surface area contributed by atoms with E-state index in [1.54, 1.807) is 21.1 Å². The van der Waals surface area contributed by atoms with E-state index in [1.807, 2.05) is 55.5 Å². The molecular weight excluding hydrogens is 410 g/mol. The average Bonchev–Trinajstić information content (AvgIpc) is 3.01. The number of aryl methyl sites for hydroxylation is 1. The Morgan fingerprint density at radius 2 is 1.78 bits per heavy atom. The Labute approximate surface area is 187 Å². The second kappa shape index (κ2) is 9.72. The minimum absolute atomic E-state index is 0.345. The van der Waals surface area contributed by atoms with Crippen LogP contribution in [0.15, 0.2) is 48.5 Å². The topological polar surface area (TPSA) is 97.0 Å². The first kappa shape index (κ1) is 23.1. The second-order valence-corrected chi connectivity index (χ2v) is 8.03. The van der Waals surface area contributed by atoms with Crippen LogP contribution in [0, 0.1) is 0 Å². The molecule has 1 saturated heterocycles. The Morgan fingerprint density at radius 3 is 2.44 bits per heavy atom. The second-order valence-electron chi connectivity index (χ2n) is 8.03. The maximum atomic E-state index is 13.0. The van der Waals surface area contributed by atoms with E-state index >= 15 is 0 Å². The predicted octanol–water partition coefficient (Wildman–Crippen LogP) is 2.82. The monoisotopic (exact) mass is 439 g/mol. The van der Waals surface area contributed by atoms with Gasteiger partial charge in [-0.05, 0) is 50.5 Å². The molecule has 0 aliphatic carbocycles. The highest BCUT2D eigenvalue weighted by molar-refractivity contribution is 6.08. The van der Waals surface area contributed by atoms with Crippen LogP contribution in [0.5, 0.6) is 11.5 Å². The summed E-state index contributed by atoms with van der Waals surface area (Å²) in [6.07, 6.45) is 1.01. The number of nitrogens with one attached hydrogen (secondary N) is 2. The van der Waals surface area contributed by atoms with E-state index in [0.29, 0.717) is 18.6 Å². The third-order valence-corrected chi connectivity index (χ3v) is 5.70. The summed E-state index contributed by atoms with van der Waals surface area (Å²) in [7, 11) is 3.16. The normalized spacial score (nSPS) is 18.8. The van der Waals surface area contributed by atoms with Gasteiger partial charge in [-0.1, -0.05) is 30.3 Å². The van der Waals surface area contributed by atoms with Crippen LogP contribution >= 0.6 is 0 Å². The fourth-order valence-electron chi connectivity index (χ4n) is 3.78. The SMILES string of the molecule is COc1ccc(CCC2(C)NC(=O)N(CC(=O)NC(C)c3ccccc3OC)C2=O)cc1. The zero-order valence-electron chi connectivity index (χ0n) is 18.8. The molecule has 1 fully saturated rings. The third-order valence-electron chi connectivity index (χ3n) is 5.70. The molecule has 2 aromatic rings. The largest absolute Gasteiger partial charge is 0.497 e. The van der Waals surface area contributed by atoms with E-state index in [-0.39, 0.29) is 12.6 Å². The molecule has 0 bridgehead atoms. The van der Waals surface area contributed by atoms with Crippen LogP contribution < -0.4 is 20.1 Å². The van der Waals surface area contributed by atoms with E-state index in [2.05, 4.69) is 10.6 Å². The van der Waals surface area contributed by atoms with Crippen LogP contribution in [-0.4, -0.2) is 49.0 Å². The van der Waals surface area contributed by atoms with Gasteiger partial charge in [0.05, 0.1) is 20.3 Å². The number of hydrogen-bond acceptors (Lipinski definition) is 5. The number of imide groups is 1. The Morgan fingerprint density at radius 1 is 1.09 bits per heavy atom. The van der Waals surface area contributed by atoms with Crippen molar-refractivity contribution in [3.05, 3.63) is 59.7 Å². The van der Waals surface area contributed by atoms with E-state index < -0.39 is 23.4 Å². The number of carbonyl (C=O) groups is 3. The summed E-state index contributed by atoms with van der Waals surface area (Å²) in [5.74, 6) is 0.577. The Kier molecular flexibility index (Phi) is 7.02. The zero-order chi connectivity index (χ0) is 23.3. The summed E-state index contributed by atoms with van der Waals surface area (Å²) in [6.45, 7) is 3.16. The Hall–Kier alpha value is -3.55. The van der Waals surface area contributed by atoms with E-state index in [1.165, 1.54) is 0 Å². The van der Waals surface area contributed by atoms with Gasteiger partial charge in [0.15, 0.2) is 0 Å². The number of ether oxygens (including phenoxy) is 2. The summed E-state index contributed by atoms with van der Waals surface area (Å²) in [4.78, 5) is 39.0. The predicted molar refractivity (Wildman–Crippen MR) is 120 cm³/mol. The maximum absolute atomic E-state index is 13.0. The number of carbonyl (C=O) groups excluding carboxylic acids is 3. The molecular formula is C24H29N3O5. The van der Waals surface area contributed by atoms with Crippen LogP contribution in [-0.2, 0) is 16.0 Å².